The fraction of sp³-hybridized carbons (Fsp3) is 0.655. The van der Waals surface area contributed by atoms with Gasteiger partial charge >= 0.3 is 19.8 Å². The van der Waals surface area contributed by atoms with Crippen LogP contribution in [0, 0.1) is 0 Å². The number of phosphoric acid groups is 1. The van der Waals surface area contributed by atoms with E-state index >= 15 is 0 Å². The highest BCUT2D eigenvalue weighted by Crippen LogP contribution is 2.47. The van der Waals surface area contributed by atoms with Crippen molar-refractivity contribution in [2.45, 2.75) is 108 Å². The average Bonchev–Trinajstić information content (AvgIpc) is 2.96. The number of hydrogen-bond donors (Lipinski definition) is 6. The maximum absolute atomic E-state index is 12.4. The fourth-order valence-electron chi connectivity index (χ4n) is 3.88. The number of carbonyl (C=O) groups excluding carboxylic acids is 2. The Hall–Kier alpha value is -2.19. The summed E-state index contributed by atoms with van der Waals surface area (Å²) in [6, 6.07) is 0. The normalized spacial score (nSPS) is 26.8. The summed E-state index contributed by atoms with van der Waals surface area (Å²) in [6.07, 6.45) is 9.22. The van der Waals surface area contributed by atoms with Gasteiger partial charge in [-0.15, -0.1) is 0 Å². The van der Waals surface area contributed by atoms with Crippen LogP contribution < -0.4 is 0 Å². The van der Waals surface area contributed by atoms with E-state index in [9.17, 15) is 44.6 Å². The number of esters is 2. The summed E-state index contributed by atoms with van der Waals surface area (Å²) >= 11 is 0. The summed E-state index contributed by atoms with van der Waals surface area (Å²) < 4.78 is 32.0. The minimum Gasteiger partial charge on any atom is -0.462 e. The Morgan fingerprint density at radius 2 is 1.28 bits per heavy atom. The number of aliphatic hydroxyl groups is 5. The van der Waals surface area contributed by atoms with Crippen LogP contribution in [-0.2, 0) is 32.7 Å². The predicted molar refractivity (Wildman–Crippen MR) is 156 cm³/mol. The third-order valence-corrected chi connectivity index (χ3v) is 7.23. The van der Waals surface area contributed by atoms with Gasteiger partial charge < -0.3 is 39.9 Å². The van der Waals surface area contributed by atoms with Crippen LogP contribution >= 0.6 is 7.82 Å². The number of hydrogen-bond acceptors (Lipinski definition) is 12. The summed E-state index contributed by atoms with van der Waals surface area (Å²) in [7, 11) is -5.08. The first kappa shape index (κ1) is 38.8. The van der Waals surface area contributed by atoms with Gasteiger partial charge in [0.15, 0.2) is 6.10 Å². The molecule has 0 heterocycles. The zero-order chi connectivity index (χ0) is 32.3. The number of rotatable bonds is 20. The van der Waals surface area contributed by atoms with E-state index in [-0.39, 0.29) is 6.42 Å². The van der Waals surface area contributed by atoms with Gasteiger partial charge in [-0.3, -0.25) is 18.6 Å². The Labute approximate surface area is 252 Å². The van der Waals surface area contributed by atoms with Gasteiger partial charge in [-0.1, -0.05) is 55.5 Å². The second-order valence-corrected chi connectivity index (χ2v) is 11.4. The molecule has 1 rings (SSSR count). The van der Waals surface area contributed by atoms with Crippen LogP contribution in [0.2, 0.25) is 0 Å². The van der Waals surface area contributed by atoms with Gasteiger partial charge in [0.25, 0.3) is 0 Å². The zero-order valence-corrected chi connectivity index (χ0v) is 25.6. The topological polar surface area (TPSA) is 210 Å². The molecule has 0 aromatic heterocycles. The average molecular weight is 635 g/mol. The SMILES string of the molecule is CC/C=C\C/C=C\C/C=C\C/C=C\CCCCC(=O)OC(COC(C)=O)COP(=O)(O)OC1C(O)C(O)C(O)C(O)C1O. The maximum atomic E-state index is 12.4. The number of allylic oxidation sites excluding steroid dienone is 8. The standard InChI is InChI=1S/C29H47O13P/c1-3-4-5-6-7-8-9-10-11-12-13-14-15-16-17-18-23(31)41-22(19-39-21(2)30)20-40-43(37,38)42-29-27(35)25(33)24(32)26(34)28(29)36/h4-5,7-8,10-11,13-14,22,24-29,32-36H,3,6,9,12,15-20H2,1-2H3,(H,37,38)/b5-4-,8-7-,11-10-,14-13-. The minimum atomic E-state index is -5.08. The third kappa shape index (κ3) is 16.5. The molecule has 0 saturated heterocycles. The first-order valence-corrected chi connectivity index (χ1v) is 15.9. The quantitative estimate of drug-likeness (QED) is 0.0491. The number of ether oxygens (including phenoxy) is 2. The summed E-state index contributed by atoms with van der Waals surface area (Å²) in [5.74, 6) is -1.35. The molecular formula is C29H47O13P. The van der Waals surface area contributed by atoms with Gasteiger partial charge in [0.1, 0.15) is 43.2 Å². The molecule has 43 heavy (non-hydrogen) atoms. The Kier molecular flexibility index (Phi) is 19.4. The van der Waals surface area contributed by atoms with Crippen molar-refractivity contribution in [2.24, 2.45) is 0 Å². The van der Waals surface area contributed by atoms with Crippen LogP contribution in [0.1, 0.15) is 65.2 Å². The van der Waals surface area contributed by atoms with Gasteiger partial charge in [-0.05, 0) is 44.9 Å². The van der Waals surface area contributed by atoms with E-state index < -0.39 is 75.7 Å². The summed E-state index contributed by atoms with van der Waals surface area (Å²) in [5.41, 5.74) is 0. The number of aliphatic hydroxyl groups excluding tert-OH is 5. The molecule has 6 N–H and O–H groups in total. The smallest absolute Gasteiger partial charge is 0.462 e. The molecule has 1 fully saturated rings. The van der Waals surface area contributed by atoms with E-state index in [2.05, 4.69) is 43.4 Å². The van der Waals surface area contributed by atoms with Crippen LogP contribution in [0.15, 0.2) is 48.6 Å². The Balaban J connectivity index is 2.44. The molecule has 14 heteroatoms. The molecule has 1 aliphatic carbocycles. The monoisotopic (exact) mass is 634 g/mol. The lowest BCUT2D eigenvalue weighted by Crippen LogP contribution is -2.64. The first-order valence-electron chi connectivity index (χ1n) is 14.4. The second-order valence-electron chi connectivity index (χ2n) is 9.95. The summed E-state index contributed by atoms with van der Waals surface area (Å²) in [5, 5.41) is 49.1. The Morgan fingerprint density at radius 3 is 1.81 bits per heavy atom. The van der Waals surface area contributed by atoms with Crippen molar-refractivity contribution in [1.82, 2.24) is 0 Å². The van der Waals surface area contributed by atoms with Crippen LogP contribution in [0.25, 0.3) is 0 Å². The highest BCUT2D eigenvalue weighted by Gasteiger charge is 2.51. The highest BCUT2D eigenvalue weighted by atomic mass is 31.2. The van der Waals surface area contributed by atoms with E-state index in [1.165, 1.54) is 0 Å². The lowest BCUT2D eigenvalue weighted by atomic mass is 9.85. The number of carbonyl (C=O) groups is 2. The molecule has 0 aromatic rings. The lowest BCUT2D eigenvalue weighted by molar-refractivity contribution is -0.220. The molecule has 1 aliphatic rings. The highest BCUT2D eigenvalue weighted by molar-refractivity contribution is 7.47. The van der Waals surface area contributed by atoms with Gasteiger partial charge in [0.05, 0.1) is 6.61 Å². The minimum absolute atomic E-state index is 0.0376. The van der Waals surface area contributed by atoms with Crippen molar-refractivity contribution < 1.29 is 63.1 Å². The van der Waals surface area contributed by atoms with E-state index in [1.54, 1.807) is 0 Å². The van der Waals surface area contributed by atoms with Crippen molar-refractivity contribution in [3.63, 3.8) is 0 Å². The molecule has 0 spiro atoms. The van der Waals surface area contributed by atoms with E-state index in [0.717, 1.165) is 39.0 Å². The van der Waals surface area contributed by atoms with E-state index in [1.807, 2.05) is 12.2 Å². The van der Waals surface area contributed by atoms with Gasteiger partial charge in [0.2, 0.25) is 0 Å². The van der Waals surface area contributed by atoms with Gasteiger partial charge in [-0.2, -0.15) is 0 Å². The maximum Gasteiger partial charge on any atom is 0.472 e. The fourth-order valence-corrected chi connectivity index (χ4v) is 4.86. The van der Waals surface area contributed by atoms with Gasteiger partial charge in [-0.25, -0.2) is 4.57 Å². The van der Waals surface area contributed by atoms with Crippen molar-refractivity contribution in [2.75, 3.05) is 13.2 Å². The van der Waals surface area contributed by atoms with Gasteiger partial charge in [0, 0.05) is 13.3 Å². The summed E-state index contributed by atoms with van der Waals surface area (Å²) in [4.78, 5) is 33.6. The second kappa shape index (κ2) is 21.5. The molecule has 0 aliphatic heterocycles. The molecule has 0 amide bonds. The van der Waals surface area contributed by atoms with Crippen molar-refractivity contribution in [1.29, 1.82) is 0 Å². The molecule has 1 saturated carbocycles. The largest absolute Gasteiger partial charge is 0.472 e. The van der Waals surface area contributed by atoms with Crippen molar-refractivity contribution >= 4 is 19.8 Å². The summed E-state index contributed by atoms with van der Waals surface area (Å²) in [6.45, 7) is 1.97. The van der Waals surface area contributed by atoms with E-state index in [4.69, 9.17) is 18.5 Å². The molecule has 246 valence electrons. The number of unbranched alkanes of at least 4 members (excludes halogenated alkanes) is 2. The molecule has 0 bridgehead atoms. The van der Waals surface area contributed by atoms with Crippen LogP contribution in [-0.4, -0.2) is 98.3 Å². The third-order valence-electron chi connectivity index (χ3n) is 6.24. The zero-order valence-electron chi connectivity index (χ0n) is 24.7. The molecule has 0 radical (unpaired) electrons. The van der Waals surface area contributed by atoms with Crippen LogP contribution in [0.5, 0.6) is 0 Å². The van der Waals surface area contributed by atoms with Crippen molar-refractivity contribution in [3.05, 3.63) is 48.6 Å². The molecule has 13 nitrogen and oxygen atoms in total. The first-order chi connectivity index (χ1) is 20.4. The predicted octanol–water partition coefficient (Wildman–Crippen LogP) is 2.15. The molecule has 6 unspecified atom stereocenters. The Morgan fingerprint density at radius 1 is 0.767 bits per heavy atom. The lowest BCUT2D eigenvalue weighted by Gasteiger charge is -2.41. The Bertz CT molecular complexity index is 963. The molecular weight excluding hydrogens is 587 g/mol. The van der Waals surface area contributed by atoms with E-state index in [0.29, 0.717) is 12.8 Å². The molecule has 6 atom stereocenters. The number of phosphoric ester groups is 1. The molecule has 0 aromatic carbocycles. The van der Waals surface area contributed by atoms with Crippen LogP contribution in [0.3, 0.4) is 0 Å². The van der Waals surface area contributed by atoms with Crippen molar-refractivity contribution in [3.8, 4) is 0 Å². The van der Waals surface area contributed by atoms with Crippen LogP contribution in [0.4, 0.5) is 0 Å².